The average molecular weight is 401 g/mol. The zero-order valence-corrected chi connectivity index (χ0v) is 16.4. The van der Waals surface area contributed by atoms with E-state index in [4.69, 9.17) is 16.0 Å². The first-order valence-electron chi connectivity index (χ1n) is 8.81. The summed E-state index contributed by atoms with van der Waals surface area (Å²) in [5.41, 5.74) is 2.52. The van der Waals surface area contributed by atoms with Crippen molar-refractivity contribution in [3.63, 3.8) is 0 Å². The maximum Gasteiger partial charge on any atom is 0.309 e. The normalized spacial score (nSPS) is 11.8. The third-order valence-corrected chi connectivity index (χ3v) is 4.64. The second-order valence-corrected chi connectivity index (χ2v) is 6.79. The van der Waals surface area contributed by atoms with Crippen LogP contribution in [0.4, 0.5) is 0 Å². The number of carbonyl (C=O) groups excluding carboxylic acids is 2. The molecule has 1 aromatic carbocycles. The molecule has 3 rings (SSSR count). The molecular weight excluding hydrogens is 380 g/mol. The molecule has 146 valence electrons. The topological polar surface area (TPSA) is 89.2 Å². The fourth-order valence-corrected chi connectivity index (χ4v) is 3.12. The lowest BCUT2D eigenvalue weighted by molar-refractivity contribution is -0.139. The molecule has 2 heterocycles. The largest absolute Gasteiger partial charge is 0.467 e. The molecule has 0 aliphatic carbocycles. The van der Waals surface area contributed by atoms with Crippen molar-refractivity contribution in [1.29, 1.82) is 0 Å². The van der Waals surface area contributed by atoms with E-state index in [0.717, 1.165) is 17.0 Å². The first kappa shape index (κ1) is 19.7. The average Bonchev–Trinajstić information content (AvgIpc) is 3.31. The number of nitrogens with one attached hydrogen (secondary N) is 2. The van der Waals surface area contributed by atoms with Gasteiger partial charge in [0.15, 0.2) is 0 Å². The number of benzene rings is 1. The van der Waals surface area contributed by atoms with Crippen molar-refractivity contribution in [3.8, 4) is 0 Å². The summed E-state index contributed by atoms with van der Waals surface area (Å²) in [6.07, 6.45) is 1.56. The molecule has 28 heavy (non-hydrogen) atoms. The van der Waals surface area contributed by atoms with Gasteiger partial charge in [0.1, 0.15) is 11.8 Å². The Balaban J connectivity index is 1.63. The summed E-state index contributed by atoms with van der Waals surface area (Å²) in [5, 5.41) is 10.2. The highest BCUT2D eigenvalue weighted by molar-refractivity contribution is 6.35. The standard InChI is InChI=1S/C20H21ClN4O3/c1-13-10-14(2)25(24-13)17(18-8-5-9-28-18)12-23-20(27)19(26)22-11-15-6-3-4-7-16(15)21/h3-10,17H,11-12H2,1-2H3,(H,22,26)(H,23,27). The molecule has 0 radical (unpaired) electrons. The second kappa shape index (κ2) is 8.75. The van der Waals surface area contributed by atoms with Crippen LogP contribution in [0, 0.1) is 13.8 Å². The molecule has 2 aromatic heterocycles. The Bertz CT molecular complexity index is 966. The summed E-state index contributed by atoms with van der Waals surface area (Å²) in [6, 6.07) is 12.3. The molecule has 3 aromatic rings. The van der Waals surface area contributed by atoms with Crippen LogP contribution >= 0.6 is 11.6 Å². The van der Waals surface area contributed by atoms with Crippen molar-refractivity contribution < 1.29 is 14.0 Å². The van der Waals surface area contributed by atoms with E-state index in [9.17, 15) is 9.59 Å². The molecule has 0 spiro atoms. The molecule has 0 fully saturated rings. The summed E-state index contributed by atoms with van der Waals surface area (Å²) < 4.78 is 7.27. The zero-order chi connectivity index (χ0) is 20.1. The first-order chi connectivity index (χ1) is 13.5. The number of hydrogen-bond acceptors (Lipinski definition) is 4. The Morgan fingerprint density at radius 2 is 1.89 bits per heavy atom. The summed E-state index contributed by atoms with van der Waals surface area (Å²) in [5.74, 6) is -0.820. The first-order valence-corrected chi connectivity index (χ1v) is 9.19. The third-order valence-electron chi connectivity index (χ3n) is 4.27. The van der Waals surface area contributed by atoms with Gasteiger partial charge in [-0.2, -0.15) is 5.10 Å². The van der Waals surface area contributed by atoms with Gasteiger partial charge in [-0.3, -0.25) is 14.3 Å². The Morgan fingerprint density at radius 3 is 2.54 bits per heavy atom. The van der Waals surface area contributed by atoms with Gasteiger partial charge in [-0.1, -0.05) is 29.8 Å². The van der Waals surface area contributed by atoms with Crippen molar-refractivity contribution in [2.24, 2.45) is 0 Å². The number of rotatable bonds is 6. The summed E-state index contributed by atoms with van der Waals surface area (Å²) in [7, 11) is 0. The van der Waals surface area contributed by atoms with E-state index in [1.165, 1.54) is 0 Å². The summed E-state index contributed by atoms with van der Waals surface area (Å²) in [4.78, 5) is 24.4. The minimum absolute atomic E-state index is 0.161. The number of furan rings is 1. The van der Waals surface area contributed by atoms with Gasteiger partial charge in [0, 0.05) is 23.8 Å². The van der Waals surface area contributed by atoms with Gasteiger partial charge in [-0.05, 0) is 43.7 Å². The highest BCUT2D eigenvalue weighted by atomic mass is 35.5. The van der Waals surface area contributed by atoms with Crippen LogP contribution in [0.3, 0.4) is 0 Å². The second-order valence-electron chi connectivity index (χ2n) is 6.39. The molecule has 8 heteroatoms. The SMILES string of the molecule is Cc1cc(C)n(C(CNC(=O)C(=O)NCc2ccccc2Cl)c2ccco2)n1. The van der Waals surface area contributed by atoms with Crippen LogP contribution in [0.15, 0.2) is 53.1 Å². The van der Waals surface area contributed by atoms with E-state index >= 15 is 0 Å². The minimum Gasteiger partial charge on any atom is -0.467 e. The highest BCUT2D eigenvalue weighted by Gasteiger charge is 2.22. The molecule has 2 N–H and O–H groups in total. The molecule has 0 aliphatic heterocycles. The molecule has 2 amide bonds. The van der Waals surface area contributed by atoms with Crippen molar-refractivity contribution >= 4 is 23.4 Å². The third kappa shape index (κ3) is 4.61. The molecule has 0 saturated heterocycles. The Morgan fingerprint density at radius 1 is 1.14 bits per heavy atom. The maximum atomic E-state index is 12.2. The van der Waals surface area contributed by atoms with E-state index in [0.29, 0.717) is 10.8 Å². The van der Waals surface area contributed by atoms with Crippen LogP contribution in [-0.4, -0.2) is 28.1 Å². The maximum absolute atomic E-state index is 12.2. The van der Waals surface area contributed by atoms with Gasteiger partial charge in [0.25, 0.3) is 0 Å². The molecule has 0 bridgehead atoms. The predicted molar refractivity (Wildman–Crippen MR) is 105 cm³/mol. The smallest absolute Gasteiger partial charge is 0.309 e. The highest BCUT2D eigenvalue weighted by Crippen LogP contribution is 2.20. The van der Waals surface area contributed by atoms with Crippen LogP contribution in [0.5, 0.6) is 0 Å². The number of hydrogen-bond donors (Lipinski definition) is 2. The molecular formula is C20H21ClN4O3. The molecule has 0 saturated carbocycles. The zero-order valence-electron chi connectivity index (χ0n) is 15.6. The van der Waals surface area contributed by atoms with Crippen molar-refractivity contribution in [1.82, 2.24) is 20.4 Å². The van der Waals surface area contributed by atoms with Crippen molar-refractivity contribution in [2.75, 3.05) is 6.54 Å². The number of carbonyl (C=O) groups is 2. The van der Waals surface area contributed by atoms with Gasteiger partial charge < -0.3 is 15.1 Å². The predicted octanol–water partition coefficient (Wildman–Crippen LogP) is 2.77. The number of aromatic nitrogens is 2. The lowest BCUT2D eigenvalue weighted by Gasteiger charge is -2.18. The lowest BCUT2D eigenvalue weighted by Crippen LogP contribution is -2.42. The molecule has 1 atom stereocenters. The molecule has 0 aliphatic rings. The van der Waals surface area contributed by atoms with Crippen LogP contribution < -0.4 is 10.6 Å². The van der Waals surface area contributed by atoms with Crippen LogP contribution in [0.2, 0.25) is 5.02 Å². The number of amides is 2. The Labute approximate surface area is 167 Å². The van der Waals surface area contributed by atoms with Crippen LogP contribution in [0.25, 0.3) is 0 Å². The van der Waals surface area contributed by atoms with Gasteiger partial charge in [-0.15, -0.1) is 0 Å². The van der Waals surface area contributed by atoms with E-state index < -0.39 is 11.8 Å². The monoisotopic (exact) mass is 400 g/mol. The van der Waals surface area contributed by atoms with E-state index in [-0.39, 0.29) is 19.1 Å². The van der Waals surface area contributed by atoms with Gasteiger partial charge in [0.05, 0.1) is 12.0 Å². The summed E-state index contributed by atoms with van der Waals surface area (Å²) >= 11 is 6.06. The van der Waals surface area contributed by atoms with E-state index in [1.807, 2.05) is 32.0 Å². The van der Waals surface area contributed by atoms with Crippen LogP contribution in [-0.2, 0) is 16.1 Å². The summed E-state index contributed by atoms with van der Waals surface area (Å²) in [6.45, 7) is 4.15. The van der Waals surface area contributed by atoms with Crippen molar-refractivity contribution in [3.05, 3.63) is 76.5 Å². The molecule has 7 nitrogen and oxygen atoms in total. The van der Waals surface area contributed by atoms with Crippen molar-refractivity contribution in [2.45, 2.75) is 26.4 Å². The van der Waals surface area contributed by atoms with E-state index in [1.54, 1.807) is 35.2 Å². The number of nitrogens with zero attached hydrogens (tertiary/aromatic N) is 2. The Kier molecular flexibility index (Phi) is 6.16. The van der Waals surface area contributed by atoms with Gasteiger partial charge in [0.2, 0.25) is 0 Å². The number of aryl methyl sites for hydroxylation is 2. The fourth-order valence-electron chi connectivity index (χ4n) is 2.92. The lowest BCUT2D eigenvalue weighted by atomic mass is 10.2. The van der Waals surface area contributed by atoms with Gasteiger partial charge >= 0.3 is 11.8 Å². The fraction of sp³-hybridized carbons (Fsp3) is 0.250. The van der Waals surface area contributed by atoms with Gasteiger partial charge in [-0.25, -0.2) is 0 Å². The molecule has 1 unspecified atom stereocenters. The minimum atomic E-state index is -0.731. The van der Waals surface area contributed by atoms with E-state index in [2.05, 4.69) is 15.7 Å². The van der Waals surface area contributed by atoms with Crippen LogP contribution in [0.1, 0.15) is 28.8 Å². The Hall–Kier alpha value is -3.06. The number of halogens is 1. The quantitative estimate of drug-likeness (QED) is 0.622.